The second kappa shape index (κ2) is 8.05. The molecular weight excluding hydrogens is 176 g/mol. The van der Waals surface area contributed by atoms with E-state index >= 15 is 0 Å². The molecule has 0 bridgehead atoms. The number of carbonyl (C=O) groups excluding carboxylic acids is 1. The molecule has 0 saturated heterocycles. The molecule has 2 heteroatoms. The summed E-state index contributed by atoms with van der Waals surface area (Å²) >= 11 is 0. The van der Waals surface area contributed by atoms with Crippen molar-refractivity contribution in [1.29, 1.82) is 0 Å². The zero-order chi connectivity index (χ0) is 10.8. The maximum Gasteiger partial charge on any atom is 0.330 e. The van der Waals surface area contributed by atoms with Gasteiger partial charge in [0.15, 0.2) is 0 Å². The molecule has 0 aliphatic carbocycles. The molecule has 0 spiro atoms. The smallest absolute Gasteiger partial charge is 0.330 e. The molecule has 0 aromatic heterocycles. The standard InChI is InChI=1S/C12H16O2/c1-4-7-9-11(8-5-2)10-14-12(13)6-3/h4-9H,3,10H2,1-2H3/b7-4-,8-5-,11-9+. The van der Waals surface area contributed by atoms with Crippen molar-refractivity contribution in [3.8, 4) is 0 Å². The van der Waals surface area contributed by atoms with E-state index in [0.29, 0.717) is 0 Å². The zero-order valence-electron chi connectivity index (χ0n) is 8.69. The summed E-state index contributed by atoms with van der Waals surface area (Å²) in [7, 11) is 0. The van der Waals surface area contributed by atoms with Gasteiger partial charge in [-0.3, -0.25) is 0 Å². The van der Waals surface area contributed by atoms with Crippen molar-refractivity contribution in [3.63, 3.8) is 0 Å². The fourth-order valence-corrected chi connectivity index (χ4v) is 0.799. The Morgan fingerprint density at radius 2 is 2.07 bits per heavy atom. The molecule has 2 nitrogen and oxygen atoms in total. The summed E-state index contributed by atoms with van der Waals surface area (Å²) in [5.41, 5.74) is 0.945. The fraction of sp³-hybridized carbons (Fsp3) is 0.250. The van der Waals surface area contributed by atoms with E-state index in [1.165, 1.54) is 0 Å². The Balaban J connectivity index is 4.23. The van der Waals surface area contributed by atoms with Crippen LogP contribution in [0.4, 0.5) is 0 Å². The lowest BCUT2D eigenvalue weighted by Gasteiger charge is -2.01. The lowest BCUT2D eigenvalue weighted by molar-refractivity contribution is -0.136. The molecule has 0 aliphatic rings. The van der Waals surface area contributed by atoms with E-state index in [0.717, 1.165) is 11.6 Å². The third kappa shape index (κ3) is 6.00. The first-order valence-corrected chi connectivity index (χ1v) is 4.48. The van der Waals surface area contributed by atoms with E-state index in [2.05, 4.69) is 6.58 Å². The van der Waals surface area contributed by atoms with Crippen molar-refractivity contribution in [3.05, 3.63) is 48.6 Å². The minimum Gasteiger partial charge on any atom is -0.458 e. The molecule has 0 aromatic rings. The summed E-state index contributed by atoms with van der Waals surface area (Å²) in [6.45, 7) is 7.44. The minimum atomic E-state index is -0.402. The van der Waals surface area contributed by atoms with Crippen LogP contribution in [0.2, 0.25) is 0 Å². The van der Waals surface area contributed by atoms with E-state index in [-0.39, 0.29) is 6.61 Å². The molecule has 0 radical (unpaired) electrons. The lowest BCUT2D eigenvalue weighted by atomic mass is 10.2. The van der Waals surface area contributed by atoms with Crippen LogP contribution >= 0.6 is 0 Å². The number of esters is 1. The predicted molar refractivity (Wildman–Crippen MR) is 58.9 cm³/mol. The SMILES string of the molecule is C=CC(=O)OCC(/C=C\C)=C/C=C\C. The van der Waals surface area contributed by atoms with Gasteiger partial charge in [0.1, 0.15) is 6.61 Å². The molecule has 0 fully saturated rings. The van der Waals surface area contributed by atoms with Crippen molar-refractivity contribution in [2.75, 3.05) is 6.61 Å². The molecule has 14 heavy (non-hydrogen) atoms. The molecule has 0 amide bonds. The average Bonchev–Trinajstić information content (AvgIpc) is 2.21. The Morgan fingerprint density at radius 3 is 2.57 bits per heavy atom. The number of hydrogen-bond acceptors (Lipinski definition) is 2. The van der Waals surface area contributed by atoms with Crippen molar-refractivity contribution in [2.45, 2.75) is 13.8 Å². The van der Waals surface area contributed by atoms with Gasteiger partial charge in [-0.15, -0.1) is 0 Å². The van der Waals surface area contributed by atoms with Crippen LogP contribution in [-0.4, -0.2) is 12.6 Å². The van der Waals surface area contributed by atoms with Gasteiger partial charge in [0.2, 0.25) is 0 Å². The first-order valence-electron chi connectivity index (χ1n) is 4.48. The average molecular weight is 192 g/mol. The number of ether oxygens (including phenoxy) is 1. The Morgan fingerprint density at radius 1 is 1.36 bits per heavy atom. The second-order valence-electron chi connectivity index (χ2n) is 2.58. The topological polar surface area (TPSA) is 26.3 Å². The largest absolute Gasteiger partial charge is 0.458 e. The van der Waals surface area contributed by atoms with Crippen molar-refractivity contribution < 1.29 is 9.53 Å². The molecular formula is C12H16O2. The Kier molecular flexibility index (Phi) is 7.15. The summed E-state index contributed by atoms with van der Waals surface area (Å²) < 4.78 is 4.89. The van der Waals surface area contributed by atoms with Crippen LogP contribution < -0.4 is 0 Å². The van der Waals surface area contributed by atoms with Gasteiger partial charge < -0.3 is 4.74 Å². The lowest BCUT2D eigenvalue weighted by Crippen LogP contribution is -2.02. The molecule has 0 saturated carbocycles. The highest BCUT2D eigenvalue weighted by Crippen LogP contribution is 1.99. The molecule has 76 valence electrons. The summed E-state index contributed by atoms with van der Waals surface area (Å²) in [5.74, 6) is -0.402. The maximum absolute atomic E-state index is 10.8. The van der Waals surface area contributed by atoms with Crippen LogP contribution in [0.15, 0.2) is 48.6 Å². The van der Waals surface area contributed by atoms with Crippen molar-refractivity contribution in [1.82, 2.24) is 0 Å². The van der Waals surface area contributed by atoms with Gasteiger partial charge in [0.25, 0.3) is 0 Å². The first-order chi connectivity index (χ1) is 6.74. The molecule has 0 rings (SSSR count). The fourth-order valence-electron chi connectivity index (χ4n) is 0.799. The highest BCUT2D eigenvalue weighted by atomic mass is 16.5. The Labute approximate surface area is 85.3 Å². The van der Waals surface area contributed by atoms with Crippen molar-refractivity contribution >= 4 is 5.97 Å². The van der Waals surface area contributed by atoms with Crippen LogP contribution in [-0.2, 0) is 9.53 Å². The number of carbonyl (C=O) groups is 1. The van der Waals surface area contributed by atoms with Gasteiger partial charge in [-0.05, 0) is 19.4 Å². The van der Waals surface area contributed by atoms with E-state index in [4.69, 9.17) is 4.74 Å². The number of hydrogen-bond donors (Lipinski definition) is 0. The summed E-state index contributed by atoms with van der Waals surface area (Å²) in [6.07, 6.45) is 10.7. The third-order valence-electron chi connectivity index (χ3n) is 1.43. The molecule has 0 atom stereocenters. The van der Waals surface area contributed by atoms with Crippen molar-refractivity contribution in [2.24, 2.45) is 0 Å². The van der Waals surface area contributed by atoms with Gasteiger partial charge in [-0.2, -0.15) is 0 Å². The molecule has 0 heterocycles. The monoisotopic (exact) mass is 192 g/mol. The highest BCUT2D eigenvalue weighted by molar-refractivity contribution is 5.81. The minimum absolute atomic E-state index is 0.277. The maximum atomic E-state index is 10.8. The number of rotatable bonds is 5. The van der Waals surface area contributed by atoms with Crippen LogP contribution in [0, 0.1) is 0 Å². The quantitative estimate of drug-likeness (QED) is 0.380. The Hall–Kier alpha value is -1.57. The summed E-state index contributed by atoms with van der Waals surface area (Å²) in [6, 6.07) is 0. The van der Waals surface area contributed by atoms with Gasteiger partial charge in [0, 0.05) is 6.08 Å². The highest BCUT2D eigenvalue weighted by Gasteiger charge is 1.96. The third-order valence-corrected chi connectivity index (χ3v) is 1.43. The van der Waals surface area contributed by atoms with Crippen LogP contribution in [0.1, 0.15) is 13.8 Å². The first kappa shape index (κ1) is 12.4. The molecule has 0 aliphatic heterocycles. The van der Waals surface area contributed by atoms with E-state index in [1.807, 2.05) is 44.2 Å². The Bertz CT molecular complexity index is 270. The number of allylic oxidation sites excluding steroid dienone is 4. The van der Waals surface area contributed by atoms with E-state index < -0.39 is 5.97 Å². The van der Waals surface area contributed by atoms with E-state index in [1.54, 1.807) is 0 Å². The molecule has 0 N–H and O–H groups in total. The van der Waals surface area contributed by atoms with Gasteiger partial charge in [0.05, 0.1) is 0 Å². The second-order valence-corrected chi connectivity index (χ2v) is 2.58. The van der Waals surface area contributed by atoms with Gasteiger partial charge >= 0.3 is 5.97 Å². The normalized spacial score (nSPS) is 12.3. The zero-order valence-corrected chi connectivity index (χ0v) is 8.69. The van der Waals surface area contributed by atoms with Gasteiger partial charge in [-0.25, -0.2) is 4.79 Å². The van der Waals surface area contributed by atoms with E-state index in [9.17, 15) is 4.79 Å². The summed E-state index contributed by atoms with van der Waals surface area (Å²) in [4.78, 5) is 10.8. The van der Waals surface area contributed by atoms with Crippen LogP contribution in [0.25, 0.3) is 0 Å². The summed E-state index contributed by atoms with van der Waals surface area (Å²) in [5, 5.41) is 0. The molecule has 0 unspecified atom stereocenters. The molecule has 0 aromatic carbocycles. The van der Waals surface area contributed by atoms with Crippen LogP contribution in [0.3, 0.4) is 0 Å². The van der Waals surface area contributed by atoms with Gasteiger partial charge in [-0.1, -0.05) is 37.0 Å². The predicted octanol–water partition coefficient (Wildman–Crippen LogP) is 2.79. The van der Waals surface area contributed by atoms with Crippen LogP contribution in [0.5, 0.6) is 0 Å².